The van der Waals surface area contributed by atoms with Crippen molar-refractivity contribution in [2.24, 2.45) is 0 Å². The van der Waals surface area contributed by atoms with Crippen LogP contribution >= 0.6 is 47.8 Å². The van der Waals surface area contributed by atoms with Gasteiger partial charge in [0.2, 0.25) is 0 Å². The van der Waals surface area contributed by atoms with E-state index in [-0.39, 0.29) is 0 Å². The summed E-state index contributed by atoms with van der Waals surface area (Å²) in [5.74, 6) is 1.03. The predicted octanol–water partition coefficient (Wildman–Crippen LogP) is 5.00. The number of hydrogen-bond acceptors (Lipinski definition) is 2. The summed E-state index contributed by atoms with van der Waals surface area (Å²) in [6.45, 7) is 5.42. The molecular formula is C12H17Br3N2. The Morgan fingerprint density at radius 3 is 2.41 bits per heavy atom. The van der Waals surface area contributed by atoms with Crippen molar-refractivity contribution in [3.8, 4) is 0 Å². The van der Waals surface area contributed by atoms with Crippen molar-refractivity contribution in [3.63, 3.8) is 0 Å². The maximum atomic E-state index is 4.52. The quantitative estimate of drug-likeness (QED) is 0.593. The van der Waals surface area contributed by atoms with Crippen LogP contribution in [0.3, 0.4) is 0 Å². The van der Waals surface area contributed by atoms with Crippen LogP contribution in [0.15, 0.2) is 21.2 Å². The Balaban J connectivity index is 3.03. The first-order chi connectivity index (χ1) is 8.13. The number of aromatic nitrogens is 1. The summed E-state index contributed by atoms with van der Waals surface area (Å²) in [4.78, 5) is 6.89. The van der Waals surface area contributed by atoms with Crippen LogP contribution in [-0.4, -0.2) is 22.9 Å². The summed E-state index contributed by atoms with van der Waals surface area (Å²) in [6, 6.07) is 2.59. The normalized spacial score (nSPS) is 10.9. The van der Waals surface area contributed by atoms with E-state index in [1.54, 1.807) is 0 Å². The van der Waals surface area contributed by atoms with Crippen LogP contribution in [0.2, 0.25) is 0 Å². The number of rotatable bonds is 6. The van der Waals surface area contributed by atoms with E-state index in [1.165, 1.54) is 0 Å². The summed E-state index contributed by atoms with van der Waals surface area (Å²) < 4.78 is 2.04. The summed E-state index contributed by atoms with van der Waals surface area (Å²) in [6.07, 6.45) is 4.12. The van der Waals surface area contributed by atoms with Gasteiger partial charge in [-0.15, -0.1) is 0 Å². The van der Waals surface area contributed by atoms with Gasteiger partial charge in [-0.2, -0.15) is 0 Å². The third kappa shape index (κ3) is 4.21. The first-order valence-corrected chi connectivity index (χ1v) is 8.48. The van der Waals surface area contributed by atoms with Gasteiger partial charge < -0.3 is 4.90 Å². The van der Waals surface area contributed by atoms with E-state index in [0.717, 1.165) is 39.5 Å². The molecule has 0 fully saturated rings. The minimum atomic E-state index is 0.539. The molecule has 0 radical (unpaired) electrons. The lowest BCUT2D eigenvalue weighted by Crippen LogP contribution is -2.36. The molecule has 0 aliphatic rings. The van der Waals surface area contributed by atoms with Crippen molar-refractivity contribution in [2.75, 3.05) is 16.8 Å². The fraction of sp³-hybridized carbons (Fsp3) is 0.583. The predicted molar refractivity (Wildman–Crippen MR) is 85.1 cm³/mol. The maximum absolute atomic E-state index is 4.52. The molecule has 0 N–H and O–H groups in total. The van der Waals surface area contributed by atoms with Crippen molar-refractivity contribution >= 4 is 53.6 Å². The number of pyridine rings is 1. The first-order valence-electron chi connectivity index (χ1n) is 5.77. The van der Waals surface area contributed by atoms with E-state index in [1.807, 2.05) is 12.3 Å². The Kier molecular flexibility index (Phi) is 7.04. The monoisotopic (exact) mass is 426 g/mol. The van der Waals surface area contributed by atoms with Crippen molar-refractivity contribution in [2.45, 2.75) is 32.7 Å². The van der Waals surface area contributed by atoms with Crippen LogP contribution in [0, 0.1) is 0 Å². The highest BCUT2D eigenvalue weighted by molar-refractivity contribution is 9.11. The molecule has 0 bridgehead atoms. The minimum absolute atomic E-state index is 0.539. The number of hydrogen-bond donors (Lipinski definition) is 0. The average molecular weight is 429 g/mol. The molecule has 0 unspecified atom stereocenters. The maximum Gasteiger partial charge on any atom is 0.143 e. The summed E-state index contributed by atoms with van der Waals surface area (Å²) in [5, 5.41) is 0.952. The Labute approximate surface area is 129 Å². The van der Waals surface area contributed by atoms with Crippen molar-refractivity contribution < 1.29 is 0 Å². The van der Waals surface area contributed by atoms with Crippen LogP contribution in [0.5, 0.6) is 0 Å². The molecular weight excluding hydrogens is 412 g/mol. The largest absolute Gasteiger partial charge is 0.352 e. The Morgan fingerprint density at radius 1 is 1.29 bits per heavy atom. The second-order valence-corrected chi connectivity index (χ2v) is 6.37. The Bertz CT molecular complexity index is 354. The van der Waals surface area contributed by atoms with Crippen LogP contribution in [0.25, 0.3) is 0 Å². The lowest BCUT2D eigenvalue weighted by molar-refractivity contribution is 0.563. The van der Waals surface area contributed by atoms with Crippen LogP contribution in [0.1, 0.15) is 26.7 Å². The highest BCUT2D eigenvalue weighted by Gasteiger charge is 2.18. The van der Waals surface area contributed by atoms with Gasteiger partial charge in [-0.25, -0.2) is 4.98 Å². The fourth-order valence-electron chi connectivity index (χ4n) is 1.90. The van der Waals surface area contributed by atoms with E-state index in [9.17, 15) is 0 Å². The number of halogens is 3. The Morgan fingerprint density at radius 2 is 1.94 bits per heavy atom. The molecule has 96 valence electrons. The van der Waals surface area contributed by atoms with Gasteiger partial charge in [0.1, 0.15) is 5.82 Å². The molecule has 0 saturated carbocycles. The second kappa shape index (κ2) is 7.74. The van der Waals surface area contributed by atoms with Crippen LogP contribution in [-0.2, 0) is 0 Å². The molecule has 0 aromatic carbocycles. The molecule has 1 aromatic rings. The van der Waals surface area contributed by atoms with Crippen LogP contribution in [0.4, 0.5) is 5.82 Å². The molecule has 0 spiro atoms. The summed E-state index contributed by atoms with van der Waals surface area (Å²) >= 11 is 10.5. The highest BCUT2D eigenvalue weighted by atomic mass is 79.9. The minimum Gasteiger partial charge on any atom is -0.352 e. The average Bonchev–Trinajstić information content (AvgIpc) is 2.30. The SMILES string of the molecule is CCC(CC)N(CCBr)c1ncc(Br)cc1Br. The van der Waals surface area contributed by atoms with E-state index >= 15 is 0 Å². The molecule has 1 rings (SSSR count). The van der Waals surface area contributed by atoms with E-state index in [0.29, 0.717) is 6.04 Å². The Hall–Kier alpha value is 0.390. The molecule has 1 heterocycles. The van der Waals surface area contributed by atoms with Gasteiger partial charge in [-0.1, -0.05) is 29.8 Å². The molecule has 0 amide bonds. The second-order valence-electron chi connectivity index (χ2n) is 3.81. The first kappa shape index (κ1) is 15.4. The third-order valence-corrected chi connectivity index (χ3v) is 4.14. The molecule has 1 aromatic heterocycles. The smallest absolute Gasteiger partial charge is 0.143 e. The van der Waals surface area contributed by atoms with E-state index in [4.69, 9.17) is 0 Å². The van der Waals surface area contributed by atoms with Gasteiger partial charge in [-0.05, 0) is 50.8 Å². The van der Waals surface area contributed by atoms with Gasteiger partial charge in [0, 0.05) is 28.6 Å². The van der Waals surface area contributed by atoms with E-state index < -0.39 is 0 Å². The number of anilines is 1. The van der Waals surface area contributed by atoms with Crippen LogP contribution < -0.4 is 4.90 Å². The van der Waals surface area contributed by atoms with Gasteiger partial charge in [0.25, 0.3) is 0 Å². The van der Waals surface area contributed by atoms with Crippen molar-refractivity contribution in [1.82, 2.24) is 4.98 Å². The lowest BCUT2D eigenvalue weighted by Gasteiger charge is -2.31. The number of alkyl halides is 1. The topological polar surface area (TPSA) is 16.1 Å². The summed E-state index contributed by atoms with van der Waals surface area (Å²) in [5.41, 5.74) is 0. The molecule has 5 heteroatoms. The molecule has 0 aliphatic heterocycles. The third-order valence-electron chi connectivity index (χ3n) is 2.77. The van der Waals surface area contributed by atoms with Gasteiger partial charge in [0.05, 0.1) is 4.47 Å². The molecule has 2 nitrogen and oxygen atoms in total. The van der Waals surface area contributed by atoms with E-state index in [2.05, 4.69) is 71.5 Å². The zero-order chi connectivity index (χ0) is 12.8. The zero-order valence-corrected chi connectivity index (χ0v) is 14.8. The standard InChI is InChI=1S/C12H17Br3N2/c1-3-10(4-2)17(6-5-13)12-11(15)7-9(14)8-16-12/h7-8,10H,3-6H2,1-2H3. The van der Waals surface area contributed by atoms with Crippen molar-refractivity contribution in [1.29, 1.82) is 0 Å². The molecule has 0 saturated heterocycles. The number of nitrogens with zero attached hydrogens (tertiary/aromatic N) is 2. The molecule has 0 aliphatic carbocycles. The lowest BCUT2D eigenvalue weighted by atomic mass is 10.1. The van der Waals surface area contributed by atoms with Gasteiger partial charge in [0.15, 0.2) is 0 Å². The van der Waals surface area contributed by atoms with Crippen molar-refractivity contribution in [3.05, 3.63) is 21.2 Å². The molecule has 17 heavy (non-hydrogen) atoms. The molecule has 0 atom stereocenters. The van der Waals surface area contributed by atoms with Gasteiger partial charge in [-0.3, -0.25) is 0 Å². The van der Waals surface area contributed by atoms with Gasteiger partial charge >= 0.3 is 0 Å². The summed E-state index contributed by atoms with van der Waals surface area (Å²) in [7, 11) is 0. The zero-order valence-electron chi connectivity index (χ0n) is 10.1. The highest BCUT2D eigenvalue weighted by Crippen LogP contribution is 2.29. The fourth-order valence-corrected chi connectivity index (χ4v) is 3.50.